The van der Waals surface area contributed by atoms with Crippen molar-refractivity contribution in [2.75, 3.05) is 11.5 Å². The minimum Gasteiger partial charge on any atom is -0.478 e. The lowest BCUT2D eigenvalue weighted by molar-refractivity contribution is 0.0696. The van der Waals surface area contributed by atoms with Crippen LogP contribution in [0.25, 0.3) is 0 Å². The molecule has 21 heavy (non-hydrogen) atoms. The lowest BCUT2D eigenvalue weighted by Crippen LogP contribution is -2.09. The molecule has 2 aromatic rings. The Labute approximate surface area is 126 Å². The summed E-state index contributed by atoms with van der Waals surface area (Å²) in [6, 6.07) is 5.19. The molecule has 0 fully saturated rings. The monoisotopic (exact) mass is 324 g/mol. The second-order valence-electron chi connectivity index (χ2n) is 4.04. The molecule has 1 N–H and O–H groups in total. The minimum atomic E-state index is -3.43. The Morgan fingerprint density at radius 2 is 1.90 bits per heavy atom. The van der Waals surface area contributed by atoms with Crippen LogP contribution in [0.2, 0.25) is 0 Å². The molecule has 1 aromatic heterocycles. The summed E-state index contributed by atoms with van der Waals surface area (Å²) in [5, 5.41) is 9.44. The fourth-order valence-corrected chi connectivity index (χ4v) is 4.02. The van der Waals surface area contributed by atoms with E-state index in [2.05, 4.69) is 9.97 Å². The van der Waals surface area contributed by atoms with Crippen molar-refractivity contribution in [2.24, 2.45) is 0 Å². The Morgan fingerprint density at radius 1 is 1.19 bits per heavy atom. The summed E-state index contributed by atoms with van der Waals surface area (Å²) in [4.78, 5) is 18.8. The number of sulfone groups is 1. The van der Waals surface area contributed by atoms with Gasteiger partial charge in [0.2, 0.25) is 0 Å². The number of aromatic nitrogens is 2. The number of aromatic carboxylic acids is 1. The van der Waals surface area contributed by atoms with Gasteiger partial charge in [0.25, 0.3) is 0 Å². The zero-order valence-electron chi connectivity index (χ0n) is 10.8. The normalized spacial score (nSPS) is 11.2. The maximum atomic E-state index is 12.1. The standard InChI is InChI=1S/C13H12N2O4S2/c16-13(17)10-1-3-11(4-2-10)21(18,19)8-7-20-12-9-14-5-6-15-12/h1-6,9H,7-8H2,(H,16,17). The van der Waals surface area contributed by atoms with Gasteiger partial charge < -0.3 is 5.11 Å². The quantitative estimate of drug-likeness (QED) is 0.808. The van der Waals surface area contributed by atoms with E-state index in [4.69, 9.17) is 5.11 Å². The van der Waals surface area contributed by atoms with Gasteiger partial charge in [0.15, 0.2) is 9.84 Å². The number of rotatable bonds is 6. The Balaban J connectivity index is 2.00. The number of hydrogen-bond donors (Lipinski definition) is 1. The molecule has 0 amide bonds. The van der Waals surface area contributed by atoms with Crippen molar-refractivity contribution >= 4 is 27.6 Å². The molecule has 0 radical (unpaired) electrons. The summed E-state index contributed by atoms with van der Waals surface area (Å²) < 4.78 is 24.2. The highest BCUT2D eigenvalue weighted by molar-refractivity contribution is 8.00. The molecule has 0 saturated heterocycles. The molecule has 0 spiro atoms. The van der Waals surface area contributed by atoms with E-state index in [1.165, 1.54) is 36.0 Å². The molecule has 1 heterocycles. The van der Waals surface area contributed by atoms with Crippen LogP contribution in [0, 0.1) is 0 Å². The van der Waals surface area contributed by atoms with E-state index in [0.717, 1.165) is 0 Å². The van der Waals surface area contributed by atoms with Crippen molar-refractivity contribution in [3.63, 3.8) is 0 Å². The number of benzene rings is 1. The smallest absolute Gasteiger partial charge is 0.335 e. The Kier molecular flexibility index (Phi) is 4.92. The third-order valence-corrected chi connectivity index (χ3v) is 5.51. The SMILES string of the molecule is O=C(O)c1ccc(S(=O)(=O)CCSc2cnccn2)cc1. The number of hydrogen-bond acceptors (Lipinski definition) is 6. The van der Waals surface area contributed by atoms with Gasteiger partial charge in [0.1, 0.15) is 5.03 Å². The maximum absolute atomic E-state index is 12.1. The molecule has 0 unspecified atom stereocenters. The lowest BCUT2D eigenvalue weighted by Gasteiger charge is -2.04. The van der Waals surface area contributed by atoms with Crippen LogP contribution in [0.15, 0.2) is 52.8 Å². The highest BCUT2D eigenvalue weighted by Gasteiger charge is 2.15. The van der Waals surface area contributed by atoms with Crippen LogP contribution in [-0.2, 0) is 9.84 Å². The van der Waals surface area contributed by atoms with E-state index in [9.17, 15) is 13.2 Å². The summed E-state index contributed by atoms with van der Waals surface area (Å²) >= 11 is 1.30. The predicted octanol–water partition coefficient (Wildman–Crippen LogP) is 1.74. The second kappa shape index (κ2) is 6.68. The molecule has 0 saturated carbocycles. The number of carboxylic acids is 1. The largest absolute Gasteiger partial charge is 0.478 e. The van der Waals surface area contributed by atoms with Crippen molar-refractivity contribution in [3.8, 4) is 0 Å². The molecular weight excluding hydrogens is 312 g/mol. The first-order chi connectivity index (χ1) is 9.99. The average Bonchev–Trinajstić information content (AvgIpc) is 2.48. The van der Waals surface area contributed by atoms with E-state index in [0.29, 0.717) is 10.8 Å². The summed E-state index contributed by atoms with van der Waals surface area (Å²) in [5.41, 5.74) is 0.0582. The fraction of sp³-hybridized carbons (Fsp3) is 0.154. The highest BCUT2D eigenvalue weighted by atomic mass is 32.2. The van der Waals surface area contributed by atoms with E-state index < -0.39 is 15.8 Å². The highest BCUT2D eigenvalue weighted by Crippen LogP contribution is 2.17. The topological polar surface area (TPSA) is 97.2 Å². The zero-order chi connectivity index (χ0) is 15.3. The molecule has 8 heteroatoms. The van der Waals surface area contributed by atoms with E-state index in [-0.39, 0.29) is 16.2 Å². The molecule has 0 atom stereocenters. The number of thioether (sulfide) groups is 1. The van der Waals surface area contributed by atoms with Gasteiger partial charge in [-0.15, -0.1) is 11.8 Å². The van der Waals surface area contributed by atoms with Crippen molar-refractivity contribution in [3.05, 3.63) is 48.4 Å². The van der Waals surface area contributed by atoms with Crippen LogP contribution in [0.3, 0.4) is 0 Å². The molecule has 0 aliphatic rings. The summed E-state index contributed by atoms with van der Waals surface area (Å²) in [5.74, 6) is -0.792. The molecule has 0 bridgehead atoms. The molecule has 6 nitrogen and oxygen atoms in total. The number of nitrogens with zero attached hydrogens (tertiary/aromatic N) is 2. The van der Waals surface area contributed by atoms with Crippen molar-refractivity contribution in [1.82, 2.24) is 9.97 Å². The first-order valence-corrected chi connectivity index (χ1v) is 8.58. The minimum absolute atomic E-state index is 0.0549. The van der Waals surface area contributed by atoms with Gasteiger partial charge in [0, 0.05) is 18.1 Å². The third-order valence-electron chi connectivity index (χ3n) is 2.60. The van der Waals surface area contributed by atoms with Crippen LogP contribution in [0.1, 0.15) is 10.4 Å². The van der Waals surface area contributed by atoms with E-state index in [1.54, 1.807) is 18.6 Å². The summed E-state index contributed by atoms with van der Waals surface area (Å²) in [6.07, 6.45) is 4.66. The summed E-state index contributed by atoms with van der Waals surface area (Å²) in [7, 11) is -3.43. The van der Waals surface area contributed by atoms with E-state index >= 15 is 0 Å². The van der Waals surface area contributed by atoms with Gasteiger partial charge in [0.05, 0.1) is 22.4 Å². The number of carbonyl (C=O) groups is 1. The molecule has 2 rings (SSSR count). The Hall–Kier alpha value is -1.93. The van der Waals surface area contributed by atoms with Gasteiger partial charge in [-0.2, -0.15) is 0 Å². The van der Waals surface area contributed by atoms with Crippen LogP contribution in [0.4, 0.5) is 0 Å². The first kappa shape index (κ1) is 15.5. The van der Waals surface area contributed by atoms with Crippen molar-refractivity contribution < 1.29 is 18.3 Å². The van der Waals surface area contributed by atoms with Crippen molar-refractivity contribution in [2.45, 2.75) is 9.92 Å². The fourth-order valence-electron chi connectivity index (χ4n) is 1.54. The van der Waals surface area contributed by atoms with Crippen molar-refractivity contribution in [1.29, 1.82) is 0 Å². The molecule has 1 aromatic carbocycles. The maximum Gasteiger partial charge on any atom is 0.335 e. The molecule has 110 valence electrons. The van der Waals surface area contributed by atoms with Gasteiger partial charge in [-0.3, -0.25) is 4.98 Å². The van der Waals surface area contributed by atoms with Gasteiger partial charge in [-0.05, 0) is 24.3 Å². The van der Waals surface area contributed by atoms with Crippen LogP contribution >= 0.6 is 11.8 Å². The second-order valence-corrected chi connectivity index (χ2v) is 7.26. The molecular formula is C13H12N2O4S2. The van der Waals surface area contributed by atoms with Crippen LogP contribution in [-0.4, -0.2) is 41.0 Å². The Morgan fingerprint density at radius 3 is 2.48 bits per heavy atom. The Bertz CT molecular complexity index is 716. The van der Waals surface area contributed by atoms with Gasteiger partial charge >= 0.3 is 5.97 Å². The number of carboxylic acid groups (broad SMARTS) is 1. The van der Waals surface area contributed by atoms with Crippen LogP contribution < -0.4 is 0 Å². The average molecular weight is 324 g/mol. The third kappa shape index (κ3) is 4.27. The summed E-state index contributed by atoms with van der Waals surface area (Å²) in [6.45, 7) is 0. The van der Waals surface area contributed by atoms with Crippen LogP contribution in [0.5, 0.6) is 0 Å². The van der Waals surface area contributed by atoms with Gasteiger partial charge in [-0.25, -0.2) is 18.2 Å². The molecule has 0 aliphatic heterocycles. The van der Waals surface area contributed by atoms with Gasteiger partial charge in [-0.1, -0.05) is 0 Å². The predicted molar refractivity (Wildman–Crippen MR) is 78.2 cm³/mol. The van der Waals surface area contributed by atoms with E-state index in [1.807, 2.05) is 0 Å². The molecule has 0 aliphatic carbocycles. The zero-order valence-corrected chi connectivity index (χ0v) is 12.5. The first-order valence-electron chi connectivity index (χ1n) is 5.94. The lowest BCUT2D eigenvalue weighted by atomic mass is 10.2.